The molecule has 2 aromatic heterocycles. The molecule has 0 aliphatic rings. The minimum absolute atomic E-state index is 0.109. The Morgan fingerprint density at radius 2 is 2.00 bits per heavy atom. The fourth-order valence-corrected chi connectivity index (χ4v) is 2.69. The van der Waals surface area contributed by atoms with Crippen LogP contribution < -0.4 is 5.32 Å². The van der Waals surface area contributed by atoms with Gasteiger partial charge in [-0.05, 0) is 29.7 Å². The van der Waals surface area contributed by atoms with E-state index in [0.29, 0.717) is 19.6 Å². The molecular formula is C21H23N5O. The first-order valence-electron chi connectivity index (χ1n) is 8.89. The summed E-state index contributed by atoms with van der Waals surface area (Å²) in [4.78, 5) is 18.6. The van der Waals surface area contributed by atoms with Crippen LogP contribution in [-0.4, -0.2) is 38.8 Å². The Balaban J connectivity index is 1.53. The lowest BCUT2D eigenvalue weighted by molar-refractivity contribution is 0.203. The second kappa shape index (κ2) is 9.33. The number of hydrogen-bond acceptors (Lipinski definition) is 3. The summed E-state index contributed by atoms with van der Waals surface area (Å²) < 4.78 is 1.69. The number of amides is 2. The van der Waals surface area contributed by atoms with Gasteiger partial charge in [0.25, 0.3) is 0 Å². The number of hydrogen-bond donors (Lipinski definition) is 1. The minimum atomic E-state index is -0.109. The van der Waals surface area contributed by atoms with Gasteiger partial charge in [0.05, 0.1) is 0 Å². The average molecular weight is 361 g/mol. The molecule has 0 radical (unpaired) electrons. The highest BCUT2D eigenvalue weighted by molar-refractivity contribution is 5.74. The number of carbonyl (C=O) groups excluding carboxylic acids is 1. The van der Waals surface area contributed by atoms with Crippen LogP contribution in [0.25, 0.3) is 5.82 Å². The monoisotopic (exact) mass is 361 g/mol. The van der Waals surface area contributed by atoms with Gasteiger partial charge in [0.15, 0.2) is 5.82 Å². The van der Waals surface area contributed by atoms with Crippen molar-refractivity contribution in [3.8, 4) is 5.82 Å². The van der Waals surface area contributed by atoms with Crippen LogP contribution in [0.15, 0.2) is 79.8 Å². The van der Waals surface area contributed by atoms with E-state index in [1.165, 1.54) is 5.56 Å². The molecule has 3 aromatic rings. The van der Waals surface area contributed by atoms with E-state index in [0.717, 1.165) is 17.8 Å². The zero-order valence-electron chi connectivity index (χ0n) is 15.2. The zero-order chi connectivity index (χ0) is 18.9. The van der Waals surface area contributed by atoms with Gasteiger partial charge >= 0.3 is 6.03 Å². The van der Waals surface area contributed by atoms with E-state index >= 15 is 0 Å². The molecule has 0 bridgehead atoms. The Hall–Kier alpha value is -3.41. The van der Waals surface area contributed by atoms with Gasteiger partial charge in [0.2, 0.25) is 0 Å². The number of urea groups is 1. The predicted molar refractivity (Wildman–Crippen MR) is 106 cm³/mol. The number of pyridine rings is 1. The molecule has 0 aliphatic carbocycles. The summed E-state index contributed by atoms with van der Waals surface area (Å²) in [7, 11) is 0. The Morgan fingerprint density at radius 1 is 1.15 bits per heavy atom. The topological polar surface area (TPSA) is 63.1 Å². The van der Waals surface area contributed by atoms with Gasteiger partial charge in [-0.2, -0.15) is 5.10 Å². The lowest BCUT2D eigenvalue weighted by Gasteiger charge is -2.21. The average Bonchev–Trinajstić information content (AvgIpc) is 3.25. The number of aromatic nitrogens is 3. The summed E-state index contributed by atoms with van der Waals surface area (Å²) >= 11 is 0. The summed E-state index contributed by atoms with van der Waals surface area (Å²) in [6.45, 7) is 5.32. The third kappa shape index (κ3) is 5.28. The first-order chi connectivity index (χ1) is 13.3. The fourth-order valence-electron chi connectivity index (χ4n) is 2.69. The highest BCUT2D eigenvalue weighted by Crippen LogP contribution is 2.06. The quantitative estimate of drug-likeness (QED) is 0.627. The van der Waals surface area contributed by atoms with Crippen LogP contribution in [0, 0.1) is 0 Å². The molecule has 2 amide bonds. The summed E-state index contributed by atoms with van der Waals surface area (Å²) in [5.41, 5.74) is 2.14. The van der Waals surface area contributed by atoms with E-state index in [1.807, 2.05) is 42.6 Å². The first kappa shape index (κ1) is 18.4. The van der Waals surface area contributed by atoms with Crippen LogP contribution in [0.5, 0.6) is 0 Å². The molecule has 138 valence electrons. The molecule has 0 unspecified atom stereocenters. The molecule has 2 heterocycles. The van der Waals surface area contributed by atoms with Crippen LogP contribution in [0.2, 0.25) is 0 Å². The van der Waals surface area contributed by atoms with E-state index in [4.69, 9.17) is 0 Å². The zero-order valence-corrected chi connectivity index (χ0v) is 15.2. The Labute approximate surface area is 159 Å². The Kier molecular flexibility index (Phi) is 6.35. The Bertz CT molecular complexity index is 844. The largest absolute Gasteiger partial charge is 0.334 e. The van der Waals surface area contributed by atoms with Crippen molar-refractivity contribution in [1.29, 1.82) is 0 Å². The van der Waals surface area contributed by atoms with Crippen molar-refractivity contribution >= 4 is 6.03 Å². The van der Waals surface area contributed by atoms with Crippen LogP contribution in [0.1, 0.15) is 11.1 Å². The summed E-state index contributed by atoms with van der Waals surface area (Å²) in [5.74, 6) is 0.742. The van der Waals surface area contributed by atoms with E-state index in [1.54, 1.807) is 28.1 Å². The fraction of sp³-hybridized carbons (Fsp3) is 0.190. The van der Waals surface area contributed by atoms with Crippen molar-refractivity contribution in [2.24, 2.45) is 0 Å². The van der Waals surface area contributed by atoms with Crippen molar-refractivity contribution in [1.82, 2.24) is 25.0 Å². The van der Waals surface area contributed by atoms with Gasteiger partial charge < -0.3 is 10.2 Å². The molecule has 27 heavy (non-hydrogen) atoms. The molecule has 0 fully saturated rings. The lowest BCUT2D eigenvalue weighted by atomic mass is 10.1. The maximum Gasteiger partial charge on any atom is 0.317 e. The van der Waals surface area contributed by atoms with Crippen molar-refractivity contribution in [3.05, 3.63) is 90.9 Å². The van der Waals surface area contributed by atoms with Crippen LogP contribution in [0.3, 0.4) is 0 Å². The van der Waals surface area contributed by atoms with Crippen molar-refractivity contribution in [2.45, 2.75) is 13.0 Å². The third-order valence-electron chi connectivity index (χ3n) is 4.14. The molecule has 1 aromatic carbocycles. The second-order valence-corrected chi connectivity index (χ2v) is 6.10. The molecular weight excluding hydrogens is 338 g/mol. The molecule has 3 rings (SSSR count). The molecule has 0 saturated carbocycles. The maximum atomic E-state index is 12.5. The van der Waals surface area contributed by atoms with Crippen LogP contribution in [0.4, 0.5) is 4.79 Å². The predicted octanol–water partition coefficient (Wildman–Crippen LogP) is 3.21. The van der Waals surface area contributed by atoms with E-state index in [9.17, 15) is 4.79 Å². The number of nitrogens with zero attached hydrogens (tertiary/aromatic N) is 4. The van der Waals surface area contributed by atoms with Gasteiger partial charge in [-0.1, -0.05) is 42.5 Å². The van der Waals surface area contributed by atoms with Gasteiger partial charge in [-0.15, -0.1) is 6.58 Å². The molecule has 0 spiro atoms. The van der Waals surface area contributed by atoms with Gasteiger partial charge in [0, 0.05) is 38.2 Å². The third-order valence-corrected chi connectivity index (χ3v) is 4.14. The molecule has 0 atom stereocenters. The first-order valence-corrected chi connectivity index (χ1v) is 8.89. The molecule has 6 heteroatoms. The van der Waals surface area contributed by atoms with Gasteiger partial charge in [-0.3, -0.25) is 0 Å². The Morgan fingerprint density at radius 3 is 2.67 bits per heavy atom. The smallest absolute Gasteiger partial charge is 0.317 e. The van der Waals surface area contributed by atoms with E-state index < -0.39 is 0 Å². The van der Waals surface area contributed by atoms with Gasteiger partial charge in [0.1, 0.15) is 0 Å². The SMILES string of the molecule is C=CCN(CCc1ccccc1)C(=O)NCc1ccc(-n2cccn2)nc1. The number of rotatable bonds is 8. The highest BCUT2D eigenvalue weighted by Gasteiger charge is 2.11. The molecule has 1 N–H and O–H groups in total. The number of benzene rings is 1. The summed E-state index contributed by atoms with van der Waals surface area (Å²) in [6.07, 6.45) is 7.84. The summed E-state index contributed by atoms with van der Waals surface area (Å²) in [5, 5.41) is 7.10. The highest BCUT2D eigenvalue weighted by atomic mass is 16.2. The summed E-state index contributed by atoms with van der Waals surface area (Å²) in [6, 6.07) is 15.7. The van der Waals surface area contributed by atoms with E-state index in [2.05, 4.69) is 34.1 Å². The minimum Gasteiger partial charge on any atom is -0.334 e. The van der Waals surface area contributed by atoms with Crippen LogP contribution in [-0.2, 0) is 13.0 Å². The van der Waals surface area contributed by atoms with E-state index in [-0.39, 0.29) is 6.03 Å². The lowest BCUT2D eigenvalue weighted by Crippen LogP contribution is -2.40. The van der Waals surface area contributed by atoms with Crippen molar-refractivity contribution in [3.63, 3.8) is 0 Å². The van der Waals surface area contributed by atoms with Gasteiger partial charge in [-0.25, -0.2) is 14.5 Å². The number of nitrogens with one attached hydrogen (secondary N) is 1. The van der Waals surface area contributed by atoms with Crippen LogP contribution >= 0.6 is 0 Å². The molecule has 0 saturated heterocycles. The van der Waals surface area contributed by atoms with Crippen molar-refractivity contribution in [2.75, 3.05) is 13.1 Å². The normalized spacial score (nSPS) is 10.4. The number of carbonyl (C=O) groups is 1. The molecule has 6 nitrogen and oxygen atoms in total. The second-order valence-electron chi connectivity index (χ2n) is 6.10. The maximum absolute atomic E-state index is 12.5. The molecule has 0 aliphatic heterocycles. The standard InChI is InChI=1S/C21H23N5O/c1-2-13-25(15-11-18-7-4-3-5-8-18)21(27)23-17-19-9-10-20(22-16-19)26-14-6-12-24-26/h2-10,12,14,16H,1,11,13,15,17H2,(H,23,27). The van der Waals surface area contributed by atoms with Crippen molar-refractivity contribution < 1.29 is 4.79 Å².